The van der Waals surface area contributed by atoms with Gasteiger partial charge in [-0.25, -0.2) is 19.3 Å². The third-order valence-corrected chi connectivity index (χ3v) is 24.1. The van der Waals surface area contributed by atoms with Crippen LogP contribution in [0.5, 0.6) is 0 Å². The van der Waals surface area contributed by atoms with Gasteiger partial charge in [0.2, 0.25) is 0 Å². The van der Waals surface area contributed by atoms with Crippen molar-refractivity contribution in [1.29, 1.82) is 0 Å². The summed E-state index contributed by atoms with van der Waals surface area (Å²) in [7, 11) is 0. The second-order valence-electron chi connectivity index (χ2n) is 37.9. The van der Waals surface area contributed by atoms with Crippen LogP contribution in [0.1, 0.15) is 459 Å². The summed E-state index contributed by atoms with van der Waals surface area (Å²) in [5, 5.41) is 4.03. The topological polar surface area (TPSA) is 149 Å². The van der Waals surface area contributed by atoms with Crippen LogP contribution in [-0.4, -0.2) is 127 Å². The second kappa shape index (κ2) is 47.0. The molecule has 4 saturated heterocycles. The summed E-state index contributed by atoms with van der Waals surface area (Å²) in [5.41, 5.74) is -3.48. The molecule has 0 aromatic carbocycles. The van der Waals surface area contributed by atoms with E-state index in [1.54, 1.807) is 0 Å². The van der Waals surface area contributed by atoms with Crippen molar-refractivity contribution in [3.63, 3.8) is 0 Å². The molecule has 0 aliphatic carbocycles. The molecule has 4 aliphatic heterocycles. The second-order valence-corrected chi connectivity index (χ2v) is 37.9. The minimum atomic E-state index is -0.459. The Balaban J connectivity index is 1.08. The van der Waals surface area contributed by atoms with E-state index < -0.39 is 44.3 Å². The lowest BCUT2D eigenvalue weighted by Gasteiger charge is -2.54. The maximum absolute atomic E-state index is 14.0. The Morgan fingerprint density at radius 3 is 0.750 bits per heavy atom. The molecule has 16 nitrogen and oxygen atoms in total. The Labute approximate surface area is 639 Å². The fraction of sp³-hybridized carbons (Fsp3) is 0.955. The van der Waals surface area contributed by atoms with E-state index >= 15 is 0 Å². The highest BCUT2D eigenvalue weighted by Gasteiger charge is 2.65. The van der Waals surface area contributed by atoms with Gasteiger partial charge in [0.25, 0.3) is 0 Å². The monoisotopic (exact) mass is 1470 g/mol. The number of hydrogen-bond donors (Lipinski definition) is 0. The van der Waals surface area contributed by atoms with Crippen LogP contribution in [0.4, 0.5) is 0 Å². The van der Waals surface area contributed by atoms with Crippen molar-refractivity contribution in [2.24, 2.45) is 0 Å². The first-order chi connectivity index (χ1) is 49.2. The van der Waals surface area contributed by atoms with Crippen molar-refractivity contribution in [1.82, 2.24) is 10.1 Å². The number of nitrogens with zero attached hydrogens (tertiary/aromatic N) is 4. The molecular weight excluding hydrogens is 1300 g/mol. The maximum Gasteiger partial charge on any atom is 0.373 e. The van der Waals surface area contributed by atoms with E-state index in [0.29, 0.717) is 51.7 Å². The van der Waals surface area contributed by atoms with Crippen LogP contribution >= 0.6 is 0 Å². The molecule has 4 aliphatic rings. The van der Waals surface area contributed by atoms with Crippen LogP contribution in [0.25, 0.3) is 0 Å². The van der Waals surface area contributed by atoms with Crippen LogP contribution in [0.2, 0.25) is 0 Å². The van der Waals surface area contributed by atoms with Gasteiger partial charge in [0.05, 0.1) is 26.1 Å². The number of ether oxygens (including phenoxy) is 2. The molecule has 610 valence electrons. The van der Waals surface area contributed by atoms with Crippen LogP contribution in [0.15, 0.2) is 0 Å². The number of esters is 2. The van der Waals surface area contributed by atoms with Crippen LogP contribution in [0, 0.1) is 0 Å². The average molecular weight is 1470 g/mol. The van der Waals surface area contributed by atoms with Gasteiger partial charge < -0.3 is 9.47 Å². The van der Waals surface area contributed by atoms with Gasteiger partial charge in [0, 0.05) is 96.0 Å². The predicted molar refractivity (Wildman–Crippen MR) is 424 cm³/mol. The first-order valence-electron chi connectivity index (χ1n) is 43.9. The molecule has 4 rings (SSSR count). The number of rotatable bonds is 57. The molecule has 0 aromatic rings. The number of quaternary nitrogens is 2. The molecular formula is C88H168N4O12+2. The molecule has 16 heteroatoms. The summed E-state index contributed by atoms with van der Waals surface area (Å²) in [4.78, 5) is 94.0. The summed E-state index contributed by atoms with van der Waals surface area (Å²) < 4.78 is 12.3. The quantitative estimate of drug-likeness (QED) is 0.0323. The lowest BCUT2D eigenvalue weighted by atomic mass is 9.80. The molecule has 0 saturated carbocycles. The summed E-state index contributed by atoms with van der Waals surface area (Å²) in [6.45, 7) is 40.4. The molecule has 0 spiro atoms. The van der Waals surface area contributed by atoms with E-state index in [2.05, 4.69) is 125 Å². The zero-order chi connectivity index (χ0) is 76.9. The molecule has 4 heterocycles. The highest BCUT2D eigenvalue weighted by molar-refractivity contribution is 5.70. The molecule has 0 N–H and O–H groups in total. The lowest BCUT2D eigenvalue weighted by molar-refractivity contribution is -1.29. The maximum atomic E-state index is 14.0. The molecule has 0 bridgehead atoms. The van der Waals surface area contributed by atoms with Gasteiger partial charge in [0.1, 0.15) is 25.4 Å². The lowest BCUT2D eigenvalue weighted by Crippen LogP contribution is -2.73. The van der Waals surface area contributed by atoms with E-state index in [1.165, 1.54) is 180 Å². The fourth-order valence-electron chi connectivity index (χ4n) is 18.8. The van der Waals surface area contributed by atoms with Crippen molar-refractivity contribution in [2.75, 3.05) is 26.4 Å². The van der Waals surface area contributed by atoms with E-state index in [1.807, 2.05) is 10.1 Å². The molecule has 0 aromatic heterocycles. The minimum absolute atomic E-state index is 0.0928. The van der Waals surface area contributed by atoms with Gasteiger partial charge in [0.15, 0.2) is 22.2 Å². The summed E-state index contributed by atoms with van der Waals surface area (Å²) >= 11 is 0. The van der Waals surface area contributed by atoms with E-state index in [-0.39, 0.29) is 71.8 Å². The Morgan fingerprint density at radius 1 is 0.288 bits per heavy atom. The van der Waals surface area contributed by atoms with Crippen LogP contribution in [0.3, 0.4) is 0 Å². The fourth-order valence-corrected chi connectivity index (χ4v) is 18.8. The van der Waals surface area contributed by atoms with Crippen LogP contribution in [-0.2, 0) is 57.7 Å². The Hall–Kier alpha value is -2.44. The van der Waals surface area contributed by atoms with Gasteiger partial charge in [-0.3, -0.25) is 19.3 Å². The average Bonchev–Trinajstić information content (AvgIpc) is 0.739. The highest BCUT2D eigenvalue weighted by Crippen LogP contribution is 2.50. The number of hydroxylamine groups is 12. The molecule has 0 atom stereocenters. The van der Waals surface area contributed by atoms with Crippen LogP contribution < -0.4 is 0 Å². The Morgan fingerprint density at radius 2 is 0.510 bits per heavy atom. The standard InChI is InChI=1S/C88H168N4O12/c1-19-21-23-25-27-29-31-33-35-37-39-41-43-47-51-55-67-99-91(85(11,12)63-57-64-86(91,13)14)103-79(95)61-69-97-89-81(3,4)71-75(72-82(89,5)6)101-77(93)59-53-49-45-46-50-54-60-78(94)102-76-73-83(7,8)90(84(9,10)74-76)98-70-62-80(96)104-92(87(15,16)65-58-66-88(92,17)18)100-68-56-52-48-44-42-40-38-36-34-32-30-28-26-24-22-20-2/h75-76H,19-74H2,1-18H3/q+2. The number of unbranched alkanes of at least 4 members (excludes halogenated alkanes) is 35. The van der Waals surface area contributed by atoms with Crippen molar-refractivity contribution in [3.05, 3.63) is 0 Å². The van der Waals surface area contributed by atoms with E-state index in [9.17, 15) is 19.2 Å². The zero-order valence-electron chi connectivity index (χ0n) is 71.4. The third kappa shape index (κ3) is 31.7. The van der Waals surface area contributed by atoms with Gasteiger partial charge in [-0.2, -0.15) is 19.8 Å². The minimum Gasteiger partial charge on any atom is -0.462 e. The summed E-state index contributed by atoms with van der Waals surface area (Å²) in [5.74, 6) is -0.983. The largest absolute Gasteiger partial charge is 0.462 e. The first kappa shape index (κ1) is 93.9. The zero-order valence-corrected chi connectivity index (χ0v) is 71.4. The Bertz CT molecular complexity index is 2140. The number of piperidine rings is 4. The van der Waals surface area contributed by atoms with Gasteiger partial charge in [-0.15, -0.1) is 0 Å². The summed E-state index contributed by atoms with van der Waals surface area (Å²) in [6.07, 6.45) is 56.1. The normalized spacial score (nSPS) is 21.0. The third-order valence-electron chi connectivity index (χ3n) is 24.1. The summed E-state index contributed by atoms with van der Waals surface area (Å²) in [6, 6.07) is 0. The van der Waals surface area contributed by atoms with Gasteiger partial charge >= 0.3 is 23.9 Å². The van der Waals surface area contributed by atoms with Crippen molar-refractivity contribution in [3.8, 4) is 0 Å². The molecule has 4 fully saturated rings. The smallest absolute Gasteiger partial charge is 0.373 e. The van der Waals surface area contributed by atoms with Gasteiger partial charge in [-0.05, 0) is 149 Å². The van der Waals surface area contributed by atoms with Crippen molar-refractivity contribution >= 4 is 23.9 Å². The molecule has 0 amide bonds. The number of hydrogen-bond acceptors (Lipinski definition) is 14. The molecule has 0 unspecified atom stereocenters. The predicted octanol–water partition coefficient (Wildman–Crippen LogP) is 24.3. The van der Waals surface area contributed by atoms with Gasteiger partial charge in [-0.1, -0.05) is 232 Å². The van der Waals surface area contributed by atoms with E-state index in [0.717, 1.165) is 103 Å². The van der Waals surface area contributed by atoms with E-state index in [4.69, 9.17) is 38.5 Å². The number of carbonyl (C=O) groups excluding carboxylic acids is 4. The van der Waals surface area contributed by atoms with Crippen molar-refractivity contribution in [2.45, 2.75) is 515 Å². The molecule has 0 radical (unpaired) electrons. The SMILES string of the molecule is CCCCCCCCCCCCCCCCCCO[N+]1(OC(=O)CCON2C(C)(C)CC(OC(=O)CCCCCCCCC(=O)OC3CC(C)(C)N(OCCC(=O)O[N+]4(OCCCCCCCCCCCCCCCCCC)C(C)(C)CCCC4(C)C)C(C)(C)C3)CC2(C)C)C(C)(C)CCCC1(C)C. The molecule has 104 heavy (non-hydrogen) atoms. The number of carbonyl (C=O) groups is 4. The highest BCUT2D eigenvalue weighted by atomic mass is 17.0. The van der Waals surface area contributed by atoms with Crippen molar-refractivity contribution < 1.29 is 67.3 Å². The first-order valence-corrected chi connectivity index (χ1v) is 43.9. The Kier molecular flexibility index (Phi) is 42.5.